The van der Waals surface area contributed by atoms with E-state index in [1.54, 1.807) is 20.2 Å². The number of hydrogen-bond donors (Lipinski definition) is 2. The molecule has 84 valence electrons. The molecule has 1 unspecified atom stereocenters. The molecule has 0 spiro atoms. The second-order valence-corrected chi connectivity index (χ2v) is 4.10. The lowest BCUT2D eigenvalue weighted by Crippen LogP contribution is -2.29. The Hall–Kier alpha value is -1.43. The van der Waals surface area contributed by atoms with Gasteiger partial charge in [0.1, 0.15) is 11.7 Å². The van der Waals surface area contributed by atoms with Gasteiger partial charge in [0, 0.05) is 7.05 Å². The average molecular weight is 211 g/mol. The molecule has 1 heterocycles. The van der Waals surface area contributed by atoms with Gasteiger partial charge in [0.25, 0.3) is 0 Å². The SMILES string of the molecule is CNC(=O)C(C)n1cc(C(C)(C)N)nn1. The van der Waals surface area contributed by atoms with Crippen LogP contribution in [0.1, 0.15) is 32.5 Å². The Labute approximate surface area is 88.8 Å². The van der Waals surface area contributed by atoms with Gasteiger partial charge in [0.2, 0.25) is 5.91 Å². The summed E-state index contributed by atoms with van der Waals surface area (Å²) in [5.41, 5.74) is 5.99. The van der Waals surface area contributed by atoms with Crippen LogP contribution in [0.3, 0.4) is 0 Å². The fourth-order valence-corrected chi connectivity index (χ4v) is 1.09. The van der Waals surface area contributed by atoms with Gasteiger partial charge in [-0.3, -0.25) is 4.79 Å². The van der Waals surface area contributed by atoms with Crippen molar-refractivity contribution in [2.24, 2.45) is 5.73 Å². The summed E-state index contributed by atoms with van der Waals surface area (Å²) >= 11 is 0. The summed E-state index contributed by atoms with van der Waals surface area (Å²) in [5, 5.41) is 10.4. The molecule has 3 N–H and O–H groups in total. The summed E-state index contributed by atoms with van der Waals surface area (Å²) < 4.78 is 1.50. The molecule has 1 amide bonds. The van der Waals surface area contributed by atoms with E-state index in [-0.39, 0.29) is 11.9 Å². The van der Waals surface area contributed by atoms with Crippen LogP contribution in [-0.2, 0) is 10.3 Å². The van der Waals surface area contributed by atoms with E-state index in [2.05, 4.69) is 15.6 Å². The molecule has 0 fully saturated rings. The first-order valence-corrected chi connectivity index (χ1v) is 4.79. The van der Waals surface area contributed by atoms with Gasteiger partial charge in [0.05, 0.1) is 11.7 Å². The van der Waals surface area contributed by atoms with Crippen molar-refractivity contribution in [1.29, 1.82) is 0 Å². The van der Waals surface area contributed by atoms with Gasteiger partial charge in [-0.2, -0.15) is 0 Å². The fraction of sp³-hybridized carbons (Fsp3) is 0.667. The molecule has 0 saturated carbocycles. The Balaban J connectivity index is 2.89. The summed E-state index contributed by atoms with van der Waals surface area (Å²) in [4.78, 5) is 11.3. The van der Waals surface area contributed by atoms with Crippen LogP contribution in [0.4, 0.5) is 0 Å². The number of carbonyl (C=O) groups excluding carboxylic acids is 1. The fourth-order valence-electron chi connectivity index (χ4n) is 1.09. The molecule has 1 rings (SSSR count). The summed E-state index contributed by atoms with van der Waals surface area (Å²) in [5.74, 6) is -0.110. The van der Waals surface area contributed by atoms with E-state index in [4.69, 9.17) is 5.73 Å². The quantitative estimate of drug-likeness (QED) is 0.723. The van der Waals surface area contributed by atoms with Gasteiger partial charge in [-0.15, -0.1) is 5.10 Å². The maximum absolute atomic E-state index is 11.3. The van der Waals surface area contributed by atoms with Gasteiger partial charge in [-0.1, -0.05) is 5.21 Å². The molecule has 15 heavy (non-hydrogen) atoms. The molecule has 0 bridgehead atoms. The van der Waals surface area contributed by atoms with Crippen molar-refractivity contribution in [1.82, 2.24) is 20.3 Å². The van der Waals surface area contributed by atoms with Gasteiger partial charge in [-0.05, 0) is 20.8 Å². The van der Waals surface area contributed by atoms with Gasteiger partial charge >= 0.3 is 0 Å². The molecule has 1 aromatic heterocycles. The minimum atomic E-state index is -0.541. The van der Waals surface area contributed by atoms with Crippen molar-refractivity contribution < 1.29 is 4.79 Å². The van der Waals surface area contributed by atoms with Crippen LogP contribution >= 0.6 is 0 Å². The Kier molecular flexibility index (Phi) is 3.09. The molecule has 0 aromatic carbocycles. The topological polar surface area (TPSA) is 85.8 Å². The van der Waals surface area contributed by atoms with Crippen LogP contribution in [0.5, 0.6) is 0 Å². The monoisotopic (exact) mass is 211 g/mol. The highest BCUT2D eigenvalue weighted by Gasteiger charge is 2.21. The molecule has 0 aliphatic carbocycles. The highest BCUT2D eigenvalue weighted by molar-refractivity contribution is 5.79. The van der Waals surface area contributed by atoms with Gasteiger partial charge in [-0.25, -0.2) is 4.68 Å². The minimum absolute atomic E-state index is 0.110. The maximum Gasteiger partial charge on any atom is 0.244 e. The van der Waals surface area contributed by atoms with Crippen LogP contribution in [-0.4, -0.2) is 27.9 Å². The molecular weight excluding hydrogens is 194 g/mol. The molecular formula is C9H17N5O. The third kappa shape index (κ3) is 2.53. The van der Waals surface area contributed by atoms with E-state index >= 15 is 0 Å². The summed E-state index contributed by atoms with van der Waals surface area (Å²) in [6.45, 7) is 5.43. The maximum atomic E-state index is 11.3. The molecule has 1 aromatic rings. The smallest absolute Gasteiger partial charge is 0.244 e. The predicted molar refractivity (Wildman–Crippen MR) is 56.0 cm³/mol. The predicted octanol–water partition coefficient (Wildman–Crippen LogP) is -0.221. The number of likely N-dealkylation sites (N-methyl/N-ethyl adjacent to an activating group) is 1. The Morgan fingerprint density at radius 3 is 2.67 bits per heavy atom. The summed E-state index contributed by atoms with van der Waals surface area (Å²) in [6.07, 6.45) is 1.69. The highest BCUT2D eigenvalue weighted by Crippen LogP contribution is 2.14. The number of carbonyl (C=O) groups is 1. The van der Waals surface area contributed by atoms with E-state index < -0.39 is 5.54 Å². The van der Waals surface area contributed by atoms with Crippen LogP contribution in [0.25, 0.3) is 0 Å². The number of aromatic nitrogens is 3. The van der Waals surface area contributed by atoms with Crippen LogP contribution in [0.2, 0.25) is 0 Å². The molecule has 0 aliphatic heterocycles. The number of amides is 1. The Morgan fingerprint density at radius 1 is 1.67 bits per heavy atom. The lowest BCUT2D eigenvalue weighted by Gasteiger charge is -2.14. The first kappa shape index (κ1) is 11.6. The number of hydrogen-bond acceptors (Lipinski definition) is 4. The zero-order valence-electron chi connectivity index (χ0n) is 9.48. The lowest BCUT2D eigenvalue weighted by molar-refractivity contribution is -0.123. The summed E-state index contributed by atoms with van der Waals surface area (Å²) in [7, 11) is 1.59. The number of nitrogens with zero attached hydrogens (tertiary/aromatic N) is 3. The highest BCUT2D eigenvalue weighted by atomic mass is 16.2. The lowest BCUT2D eigenvalue weighted by atomic mass is 10.0. The number of nitrogens with one attached hydrogen (secondary N) is 1. The second-order valence-electron chi connectivity index (χ2n) is 4.10. The standard InChI is InChI=1S/C9H17N5O/c1-6(8(15)11-4)14-5-7(12-13-14)9(2,3)10/h5-6H,10H2,1-4H3,(H,11,15). The van der Waals surface area contributed by atoms with Crippen LogP contribution in [0, 0.1) is 0 Å². The van der Waals surface area contributed by atoms with E-state index in [1.165, 1.54) is 4.68 Å². The van der Waals surface area contributed by atoms with Crippen molar-refractivity contribution in [3.8, 4) is 0 Å². The van der Waals surface area contributed by atoms with Crippen molar-refractivity contribution in [3.05, 3.63) is 11.9 Å². The van der Waals surface area contributed by atoms with Crippen LogP contribution in [0.15, 0.2) is 6.20 Å². The molecule has 6 heteroatoms. The van der Waals surface area contributed by atoms with E-state index in [9.17, 15) is 4.79 Å². The molecule has 0 radical (unpaired) electrons. The minimum Gasteiger partial charge on any atom is -0.357 e. The largest absolute Gasteiger partial charge is 0.357 e. The zero-order valence-corrected chi connectivity index (χ0v) is 9.48. The Morgan fingerprint density at radius 2 is 2.27 bits per heavy atom. The third-order valence-corrected chi connectivity index (χ3v) is 2.19. The third-order valence-electron chi connectivity index (χ3n) is 2.19. The van der Waals surface area contributed by atoms with Crippen LogP contribution < -0.4 is 11.1 Å². The first-order chi connectivity index (χ1) is 6.86. The zero-order chi connectivity index (χ0) is 11.6. The summed E-state index contributed by atoms with van der Waals surface area (Å²) in [6, 6.07) is -0.376. The van der Waals surface area contributed by atoms with Gasteiger partial charge < -0.3 is 11.1 Å². The average Bonchev–Trinajstić information content (AvgIpc) is 2.63. The van der Waals surface area contributed by atoms with E-state index in [0.717, 1.165) is 0 Å². The van der Waals surface area contributed by atoms with E-state index in [1.807, 2.05) is 13.8 Å². The molecule has 0 saturated heterocycles. The van der Waals surface area contributed by atoms with Gasteiger partial charge in [0.15, 0.2) is 0 Å². The Bertz CT molecular complexity index is 352. The van der Waals surface area contributed by atoms with Crippen molar-refractivity contribution >= 4 is 5.91 Å². The van der Waals surface area contributed by atoms with E-state index in [0.29, 0.717) is 5.69 Å². The number of rotatable bonds is 3. The van der Waals surface area contributed by atoms with Crippen molar-refractivity contribution in [2.45, 2.75) is 32.4 Å². The van der Waals surface area contributed by atoms with Crippen molar-refractivity contribution in [3.63, 3.8) is 0 Å². The normalized spacial score (nSPS) is 13.7. The molecule has 1 atom stereocenters. The number of nitrogens with two attached hydrogens (primary N) is 1. The first-order valence-electron chi connectivity index (χ1n) is 4.79. The molecule has 0 aliphatic rings. The second kappa shape index (κ2) is 3.98. The molecule has 6 nitrogen and oxygen atoms in total. The van der Waals surface area contributed by atoms with Crippen molar-refractivity contribution in [2.75, 3.05) is 7.05 Å².